The minimum Gasteiger partial charge on any atom is -0.445 e. The van der Waals surface area contributed by atoms with Crippen molar-refractivity contribution in [1.29, 1.82) is 0 Å². The standard InChI is InChI=1S/C8H5BF3N2.K/c1-2-8-13-5-7(6-14-8)3-4-9(10,11)12;/h1,3-6H;/q-1;+1/b4-3+;. The van der Waals surface area contributed by atoms with Gasteiger partial charge in [0.2, 0.25) is 5.82 Å². The van der Waals surface area contributed by atoms with Crippen LogP contribution in [0.25, 0.3) is 6.08 Å². The van der Waals surface area contributed by atoms with Gasteiger partial charge in [-0.3, -0.25) is 0 Å². The third kappa shape index (κ3) is 6.12. The molecule has 0 aliphatic carbocycles. The number of nitrogens with zero attached hydrogens (tertiary/aromatic N) is 2. The molecule has 1 aromatic heterocycles. The van der Waals surface area contributed by atoms with E-state index in [2.05, 4.69) is 15.9 Å². The minimum atomic E-state index is -4.92. The van der Waals surface area contributed by atoms with Gasteiger partial charge in [-0.05, 0) is 5.92 Å². The number of halogens is 3. The number of hydrogen-bond donors (Lipinski definition) is 0. The maximum absolute atomic E-state index is 11.8. The molecule has 2 nitrogen and oxygen atoms in total. The monoisotopic (exact) mass is 236 g/mol. The first-order chi connectivity index (χ1) is 6.51. The van der Waals surface area contributed by atoms with Crippen molar-refractivity contribution in [2.24, 2.45) is 0 Å². The Balaban J connectivity index is 0.00000196. The fourth-order valence-corrected chi connectivity index (χ4v) is 0.719. The van der Waals surface area contributed by atoms with Gasteiger partial charge in [0.15, 0.2) is 0 Å². The molecule has 0 amide bonds. The number of rotatable bonds is 2. The Morgan fingerprint density at radius 3 is 2.20 bits per heavy atom. The molecule has 0 saturated heterocycles. The Labute approximate surface area is 128 Å². The molecule has 15 heavy (non-hydrogen) atoms. The molecular formula is C8H5BF3KN2. The van der Waals surface area contributed by atoms with Crippen LogP contribution in [0.5, 0.6) is 0 Å². The van der Waals surface area contributed by atoms with Crippen molar-refractivity contribution in [3.63, 3.8) is 0 Å². The van der Waals surface area contributed by atoms with Gasteiger partial charge in [0.05, 0.1) is 0 Å². The Hall–Kier alpha value is -0.129. The third-order valence-electron chi connectivity index (χ3n) is 1.31. The first-order valence-corrected chi connectivity index (χ1v) is 3.69. The van der Waals surface area contributed by atoms with Gasteiger partial charge in [-0.1, -0.05) is 6.08 Å². The van der Waals surface area contributed by atoms with E-state index in [0.717, 1.165) is 6.08 Å². The molecule has 1 heterocycles. The van der Waals surface area contributed by atoms with Crippen LogP contribution in [-0.4, -0.2) is 16.9 Å². The zero-order valence-electron chi connectivity index (χ0n) is 7.99. The van der Waals surface area contributed by atoms with Crippen LogP contribution in [0.4, 0.5) is 12.9 Å². The summed E-state index contributed by atoms with van der Waals surface area (Å²) in [6.45, 7) is -4.92. The molecule has 0 aromatic carbocycles. The number of aromatic nitrogens is 2. The summed E-state index contributed by atoms with van der Waals surface area (Å²) in [5.74, 6) is 2.49. The molecule has 0 atom stereocenters. The predicted octanol–water partition coefficient (Wildman–Crippen LogP) is -1.14. The molecule has 0 saturated carbocycles. The Bertz CT molecular complexity index is 380. The molecule has 0 aliphatic rings. The van der Waals surface area contributed by atoms with Crippen molar-refractivity contribution in [2.45, 2.75) is 0 Å². The quantitative estimate of drug-likeness (QED) is 0.479. The molecule has 7 heteroatoms. The summed E-state index contributed by atoms with van der Waals surface area (Å²) in [6.07, 6.45) is 8.35. The van der Waals surface area contributed by atoms with Gasteiger partial charge in [-0.25, -0.2) is 9.97 Å². The number of hydrogen-bond acceptors (Lipinski definition) is 2. The molecule has 1 aromatic rings. The molecule has 0 bridgehead atoms. The van der Waals surface area contributed by atoms with Gasteiger partial charge in [-0.15, -0.1) is 12.4 Å². The normalized spacial score (nSPS) is 10.8. The van der Waals surface area contributed by atoms with Crippen LogP contribution in [0.3, 0.4) is 0 Å². The summed E-state index contributed by atoms with van der Waals surface area (Å²) in [5.41, 5.74) is 0.267. The molecule has 0 aliphatic heterocycles. The van der Waals surface area contributed by atoms with Gasteiger partial charge in [0.25, 0.3) is 0 Å². The molecule has 0 N–H and O–H groups in total. The Kier molecular flexibility index (Phi) is 6.40. The summed E-state index contributed by atoms with van der Waals surface area (Å²) in [6, 6.07) is 0. The molecule has 0 fully saturated rings. The maximum Gasteiger partial charge on any atom is 1.00 e. The summed E-state index contributed by atoms with van der Waals surface area (Å²) < 4.78 is 35.4. The summed E-state index contributed by atoms with van der Waals surface area (Å²) >= 11 is 0. The van der Waals surface area contributed by atoms with E-state index in [-0.39, 0.29) is 68.7 Å². The van der Waals surface area contributed by atoms with E-state index < -0.39 is 6.98 Å². The summed E-state index contributed by atoms with van der Waals surface area (Å²) in [5, 5.41) is 0. The average molecular weight is 236 g/mol. The van der Waals surface area contributed by atoms with Gasteiger partial charge >= 0.3 is 58.4 Å². The van der Waals surface area contributed by atoms with Crippen LogP contribution in [0.1, 0.15) is 11.4 Å². The molecule has 0 spiro atoms. The van der Waals surface area contributed by atoms with E-state index in [0.29, 0.717) is 0 Å². The molecule has 72 valence electrons. The van der Waals surface area contributed by atoms with E-state index in [1.54, 1.807) is 0 Å². The third-order valence-corrected chi connectivity index (χ3v) is 1.31. The Morgan fingerprint density at radius 1 is 1.27 bits per heavy atom. The second kappa shape index (κ2) is 6.45. The summed E-state index contributed by atoms with van der Waals surface area (Å²) in [4.78, 5) is 7.28. The van der Waals surface area contributed by atoms with Crippen LogP contribution < -0.4 is 51.4 Å². The van der Waals surface area contributed by atoms with Gasteiger partial charge < -0.3 is 12.9 Å². The minimum absolute atomic E-state index is 0. The first kappa shape index (κ1) is 14.9. The fraction of sp³-hybridized carbons (Fsp3) is 0. The maximum atomic E-state index is 11.8. The summed E-state index contributed by atoms with van der Waals surface area (Å²) in [7, 11) is 0. The van der Waals surface area contributed by atoms with Crippen molar-refractivity contribution < 1.29 is 64.3 Å². The molecule has 0 radical (unpaired) electrons. The van der Waals surface area contributed by atoms with Crippen LogP contribution >= 0.6 is 0 Å². The molecular weight excluding hydrogens is 231 g/mol. The zero-order valence-corrected chi connectivity index (χ0v) is 11.1. The first-order valence-electron chi connectivity index (χ1n) is 3.69. The van der Waals surface area contributed by atoms with Crippen LogP contribution in [0.2, 0.25) is 0 Å². The van der Waals surface area contributed by atoms with E-state index in [4.69, 9.17) is 6.42 Å². The van der Waals surface area contributed by atoms with Crippen LogP contribution in [-0.2, 0) is 0 Å². The van der Waals surface area contributed by atoms with Crippen molar-refractivity contribution in [2.75, 3.05) is 0 Å². The fourth-order valence-electron chi connectivity index (χ4n) is 0.719. The number of terminal acetylenes is 1. The topological polar surface area (TPSA) is 25.8 Å². The largest absolute Gasteiger partial charge is 1.00 e. The zero-order chi connectivity index (χ0) is 10.6. The average Bonchev–Trinajstić information content (AvgIpc) is 2.14. The van der Waals surface area contributed by atoms with Crippen molar-refractivity contribution in [3.05, 3.63) is 29.8 Å². The van der Waals surface area contributed by atoms with Crippen molar-refractivity contribution in [1.82, 2.24) is 9.97 Å². The molecule has 1 rings (SSSR count). The van der Waals surface area contributed by atoms with Crippen molar-refractivity contribution >= 4 is 13.1 Å². The van der Waals surface area contributed by atoms with Crippen molar-refractivity contribution in [3.8, 4) is 12.3 Å². The molecule has 0 unspecified atom stereocenters. The van der Waals surface area contributed by atoms with Gasteiger partial charge in [0, 0.05) is 18.0 Å². The van der Waals surface area contributed by atoms with E-state index in [9.17, 15) is 12.9 Å². The van der Waals surface area contributed by atoms with E-state index >= 15 is 0 Å². The van der Waals surface area contributed by atoms with Crippen LogP contribution in [0, 0.1) is 12.3 Å². The van der Waals surface area contributed by atoms with Gasteiger partial charge in [-0.2, -0.15) is 0 Å². The SMILES string of the molecule is C#Cc1ncc(/C=C/[B-](F)(F)F)cn1.[K+]. The van der Waals surface area contributed by atoms with E-state index in [1.807, 2.05) is 0 Å². The predicted molar refractivity (Wildman–Crippen MR) is 48.1 cm³/mol. The van der Waals surface area contributed by atoms with Gasteiger partial charge in [0.1, 0.15) is 0 Å². The second-order valence-electron chi connectivity index (χ2n) is 2.47. The van der Waals surface area contributed by atoms with Crippen LogP contribution in [0.15, 0.2) is 18.4 Å². The Morgan fingerprint density at radius 2 is 1.80 bits per heavy atom. The second-order valence-corrected chi connectivity index (χ2v) is 2.47. The van der Waals surface area contributed by atoms with E-state index in [1.165, 1.54) is 12.4 Å². The smallest absolute Gasteiger partial charge is 0.445 e.